The fourth-order valence-electron chi connectivity index (χ4n) is 1.76. The van der Waals surface area contributed by atoms with Crippen LogP contribution < -0.4 is 0 Å². The van der Waals surface area contributed by atoms with Gasteiger partial charge in [-0.2, -0.15) is 0 Å². The van der Waals surface area contributed by atoms with Gasteiger partial charge in [-0.05, 0) is 30.9 Å². The summed E-state index contributed by atoms with van der Waals surface area (Å²) in [7, 11) is 0. The Morgan fingerprint density at radius 2 is 2.29 bits per heavy atom. The van der Waals surface area contributed by atoms with Gasteiger partial charge >= 0.3 is 0 Å². The van der Waals surface area contributed by atoms with Gasteiger partial charge in [-0.3, -0.25) is 0 Å². The second-order valence-corrected chi connectivity index (χ2v) is 4.83. The van der Waals surface area contributed by atoms with Crippen LogP contribution in [-0.2, 0) is 5.41 Å². The molecule has 1 heterocycles. The molecule has 76 valence electrons. The minimum Gasteiger partial charge on any atom is -0.231 e. The molecule has 1 aromatic rings. The van der Waals surface area contributed by atoms with Gasteiger partial charge in [0.2, 0.25) is 0 Å². The van der Waals surface area contributed by atoms with E-state index >= 15 is 0 Å². The summed E-state index contributed by atoms with van der Waals surface area (Å²) < 4.78 is 0. The van der Waals surface area contributed by atoms with E-state index < -0.39 is 0 Å². The van der Waals surface area contributed by atoms with E-state index in [1.165, 1.54) is 24.6 Å². The molecule has 0 bridgehead atoms. The summed E-state index contributed by atoms with van der Waals surface area (Å²) in [6, 6.07) is 0. The molecule has 0 N–H and O–H groups in total. The van der Waals surface area contributed by atoms with Gasteiger partial charge in [0.25, 0.3) is 0 Å². The highest BCUT2D eigenvalue weighted by Gasteiger charge is 2.44. The molecule has 0 saturated heterocycles. The van der Waals surface area contributed by atoms with Crippen molar-refractivity contribution in [2.75, 3.05) is 6.26 Å². The molecule has 2 nitrogen and oxygen atoms in total. The molecule has 0 amide bonds. The van der Waals surface area contributed by atoms with E-state index in [1.807, 2.05) is 12.5 Å². The Kier molecular flexibility index (Phi) is 2.71. The number of aromatic nitrogens is 2. The number of hydrogen-bond donors (Lipinski definition) is 0. The number of halogens is 1. The quantitative estimate of drug-likeness (QED) is 0.451. The van der Waals surface area contributed by atoms with Gasteiger partial charge < -0.3 is 0 Å². The maximum Gasteiger partial charge on any atom is 0.188 e. The molecule has 0 spiro atoms. The summed E-state index contributed by atoms with van der Waals surface area (Å²) in [6.07, 6.45) is 7.45. The Morgan fingerprint density at radius 1 is 1.57 bits per heavy atom. The van der Waals surface area contributed by atoms with Crippen LogP contribution in [0.25, 0.3) is 0 Å². The fourth-order valence-corrected chi connectivity index (χ4v) is 2.48. The van der Waals surface area contributed by atoms with E-state index in [0.29, 0.717) is 10.6 Å². The smallest absolute Gasteiger partial charge is 0.188 e. The number of nitrogens with zero attached hydrogens (tertiary/aromatic N) is 2. The van der Waals surface area contributed by atoms with Crippen molar-refractivity contribution in [2.45, 2.75) is 36.8 Å². The predicted octanol–water partition coefficient (Wildman–Crippen LogP) is 3.29. The molecule has 1 aromatic heterocycles. The molecule has 0 atom stereocenters. The zero-order valence-electron chi connectivity index (χ0n) is 8.38. The average Bonchev–Trinajstić information content (AvgIpc) is 2.98. The van der Waals surface area contributed by atoms with E-state index in [0.717, 1.165) is 17.1 Å². The number of rotatable bonds is 3. The third-order valence-corrected chi connectivity index (χ3v) is 3.85. The highest BCUT2D eigenvalue weighted by Crippen LogP contribution is 2.52. The summed E-state index contributed by atoms with van der Waals surface area (Å²) in [6.45, 7) is 2.20. The van der Waals surface area contributed by atoms with Crippen molar-refractivity contribution in [2.24, 2.45) is 0 Å². The number of thioether (sulfide) groups is 1. The minimum absolute atomic E-state index is 0.300. The van der Waals surface area contributed by atoms with Crippen LogP contribution in [-0.4, -0.2) is 16.2 Å². The Bertz CT molecular complexity index is 350. The van der Waals surface area contributed by atoms with Crippen molar-refractivity contribution < 1.29 is 0 Å². The molecule has 0 aromatic carbocycles. The lowest BCUT2D eigenvalue weighted by Gasteiger charge is -2.13. The first-order valence-corrected chi connectivity index (χ1v) is 6.39. The van der Waals surface area contributed by atoms with Crippen molar-refractivity contribution in [1.29, 1.82) is 0 Å². The topological polar surface area (TPSA) is 25.8 Å². The SMILES string of the molecule is CCC1(c2cnc(SC)nc2Cl)CC1. The van der Waals surface area contributed by atoms with E-state index in [4.69, 9.17) is 11.6 Å². The second-order valence-electron chi connectivity index (χ2n) is 3.70. The van der Waals surface area contributed by atoms with Crippen LogP contribution in [0.5, 0.6) is 0 Å². The van der Waals surface area contributed by atoms with Gasteiger partial charge in [-0.1, -0.05) is 30.3 Å². The molecule has 0 aliphatic heterocycles. The third kappa shape index (κ3) is 1.63. The first-order valence-electron chi connectivity index (χ1n) is 4.79. The van der Waals surface area contributed by atoms with Crippen molar-refractivity contribution in [3.8, 4) is 0 Å². The molecule has 0 radical (unpaired) electrons. The van der Waals surface area contributed by atoms with E-state index in [9.17, 15) is 0 Å². The summed E-state index contributed by atoms with van der Waals surface area (Å²) in [5.41, 5.74) is 1.44. The zero-order chi connectivity index (χ0) is 10.2. The van der Waals surface area contributed by atoms with Crippen molar-refractivity contribution >= 4 is 23.4 Å². The van der Waals surface area contributed by atoms with Crippen molar-refractivity contribution in [3.05, 3.63) is 16.9 Å². The Balaban J connectivity index is 2.36. The summed E-state index contributed by atoms with van der Waals surface area (Å²) in [5, 5.41) is 1.40. The average molecular weight is 229 g/mol. The van der Waals surface area contributed by atoms with Gasteiger partial charge in [-0.15, -0.1) is 0 Å². The monoisotopic (exact) mass is 228 g/mol. The van der Waals surface area contributed by atoms with Crippen LogP contribution in [0.3, 0.4) is 0 Å². The van der Waals surface area contributed by atoms with Crippen LogP contribution in [0.2, 0.25) is 5.15 Å². The molecular weight excluding hydrogens is 216 g/mol. The molecule has 1 aliphatic rings. The van der Waals surface area contributed by atoms with Crippen molar-refractivity contribution in [1.82, 2.24) is 9.97 Å². The highest BCUT2D eigenvalue weighted by molar-refractivity contribution is 7.98. The van der Waals surface area contributed by atoms with Crippen molar-refractivity contribution in [3.63, 3.8) is 0 Å². The summed E-state index contributed by atoms with van der Waals surface area (Å²) >= 11 is 7.67. The lowest BCUT2D eigenvalue weighted by molar-refractivity contribution is 0.652. The minimum atomic E-state index is 0.300. The lowest BCUT2D eigenvalue weighted by atomic mass is 9.96. The van der Waals surface area contributed by atoms with Crippen LogP contribution >= 0.6 is 23.4 Å². The third-order valence-electron chi connectivity index (χ3n) is 3.00. The van der Waals surface area contributed by atoms with Crippen LogP contribution in [0.4, 0.5) is 0 Å². The maximum atomic E-state index is 6.15. The Hall–Kier alpha value is -0.280. The van der Waals surface area contributed by atoms with Gasteiger partial charge in [0.05, 0.1) is 0 Å². The van der Waals surface area contributed by atoms with E-state index in [2.05, 4.69) is 16.9 Å². The molecule has 4 heteroatoms. The summed E-state index contributed by atoms with van der Waals surface area (Å²) in [5.74, 6) is 0. The standard InChI is InChI=1S/C10H13ClN2S/c1-3-10(4-5-10)7-6-12-9(14-2)13-8(7)11/h6H,3-5H2,1-2H3. The predicted molar refractivity (Wildman–Crippen MR) is 60.0 cm³/mol. The van der Waals surface area contributed by atoms with Gasteiger partial charge in [0, 0.05) is 11.8 Å². The molecule has 0 unspecified atom stereocenters. The molecule has 1 saturated carbocycles. The maximum absolute atomic E-state index is 6.15. The van der Waals surface area contributed by atoms with Crippen LogP contribution in [0, 0.1) is 0 Å². The fraction of sp³-hybridized carbons (Fsp3) is 0.600. The first-order chi connectivity index (χ1) is 6.72. The molecule has 1 aliphatic carbocycles. The van der Waals surface area contributed by atoms with Gasteiger partial charge in [-0.25, -0.2) is 9.97 Å². The largest absolute Gasteiger partial charge is 0.231 e. The molecular formula is C10H13ClN2S. The van der Waals surface area contributed by atoms with Crippen LogP contribution in [0.1, 0.15) is 31.7 Å². The zero-order valence-corrected chi connectivity index (χ0v) is 9.95. The van der Waals surface area contributed by atoms with Gasteiger partial charge in [0.1, 0.15) is 5.15 Å². The first kappa shape index (κ1) is 10.2. The van der Waals surface area contributed by atoms with Gasteiger partial charge in [0.15, 0.2) is 5.16 Å². The Morgan fingerprint density at radius 3 is 2.71 bits per heavy atom. The van der Waals surface area contributed by atoms with Crippen LogP contribution in [0.15, 0.2) is 11.4 Å². The normalized spacial score (nSPS) is 18.2. The second kappa shape index (κ2) is 3.70. The Labute approximate surface area is 93.5 Å². The number of hydrogen-bond acceptors (Lipinski definition) is 3. The molecule has 1 fully saturated rings. The molecule has 14 heavy (non-hydrogen) atoms. The lowest BCUT2D eigenvalue weighted by Crippen LogP contribution is -2.07. The van der Waals surface area contributed by atoms with E-state index in [1.54, 1.807) is 0 Å². The molecule has 2 rings (SSSR count). The van der Waals surface area contributed by atoms with E-state index in [-0.39, 0.29) is 0 Å². The summed E-state index contributed by atoms with van der Waals surface area (Å²) in [4.78, 5) is 8.54. The highest BCUT2D eigenvalue weighted by atomic mass is 35.5.